The fraction of sp³-hybridized carbons (Fsp3) is 0.120. The molecule has 3 heterocycles. The van der Waals surface area contributed by atoms with E-state index >= 15 is 0 Å². The van der Waals surface area contributed by atoms with Crippen LogP contribution in [0, 0.1) is 0 Å². The van der Waals surface area contributed by atoms with E-state index in [4.69, 9.17) is 15.5 Å². The van der Waals surface area contributed by atoms with Crippen LogP contribution in [0.15, 0.2) is 77.2 Å². The van der Waals surface area contributed by atoms with Crippen molar-refractivity contribution in [2.45, 2.75) is 12.8 Å². The zero-order valence-electron chi connectivity index (χ0n) is 17.2. The number of hydrogen-bond donors (Lipinski definition) is 1. The molecular formula is C25H20N4O2S. The van der Waals surface area contributed by atoms with Crippen molar-refractivity contribution in [3.63, 3.8) is 0 Å². The lowest BCUT2D eigenvalue weighted by atomic mass is 9.99. The molecule has 0 saturated heterocycles. The number of carbonyl (C=O) groups excluding carboxylic acids is 1. The van der Waals surface area contributed by atoms with E-state index in [0.717, 1.165) is 12.2 Å². The van der Waals surface area contributed by atoms with Crippen LogP contribution in [0.2, 0.25) is 0 Å². The number of thiazole rings is 1. The van der Waals surface area contributed by atoms with Gasteiger partial charge >= 0.3 is 0 Å². The third-order valence-corrected chi connectivity index (χ3v) is 5.88. The number of anilines is 1. The average molecular weight is 441 g/mol. The molecule has 158 valence electrons. The van der Waals surface area contributed by atoms with Crippen molar-refractivity contribution in [2.24, 2.45) is 4.99 Å². The third-order valence-electron chi connectivity index (χ3n) is 5.20. The standard InChI is InChI=1S/C25H20N4O2S/c26-25-29-21(15-32-25)24-23-20(10-11-27-24)22(30)13-18(28-23)14-31-19-8-6-17(7-9-19)12-16-4-2-1-3-5-16/h1-11,15H,12-14H2,(H2,26,29). The van der Waals surface area contributed by atoms with Gasteiger partial charge in [0.15, 0.2) is 10.9 Å². The summed E-state index contributed by atoms with van der Waals surface area (Å²) in [7, 11) is 0. The van der Waals surface area contributed by atoms with Gasteiger partial charge in [0.1, 0.15) is 29.4 Å². The van der Waals surface area contributed by atoms with Crippen molar-refractivity contribution >= 4 is 33.7 Å². The Balaban J connectivity index is 1.32. The van der Waals surface area contributed by atoms with Crippen molar-refractivity contribution in [1.82, 2.24) is 9.97 Å². The van der Waals surface area contributed by atoms with Gasteiger partial charge in [0.25, 0.3) is 0 Å². The first-order valence-corrected chi connectivity index (χ1v) is 11.1. The van der Waals surface area contributed by atoms with Crippen LogP contribution < -0.4 is 10.5 Å². The maximum atomic E-state index is 12.7. The molecule has 0 unspecified atom stereocenters. The Morgan fingerprint density at radius 2 is 1.78 bits per heavy atom. The number of nitrogen functional groups attached to an aromatic ring is 1. The molecule has 2 N–H and O–H groups in total. The molecule has 0 aliphatic carbocycles. The van der Waals surface area contributed by atoms with E-state index in [1.54, 1.807) is 12.3 Å². The Morgan fingerprint density at radius 1 is 1.00 bits per heavy atom. The van der Waals surface area contributed by atoms with Gasteiger partial charge in [0.2, 0.25) is 0 Å². The van der Waals surface area contributed by atoms with Gasteiger partial charge in [-0.05, 0) is 35.7 Å². The van der Waals surface area contributed by atoms with Crippen molar-refractivity contribution in [3.05, 3.63) is 88.9 Å². The molecule has 2 aromatic carbocycles. The predicted octanol–water partition coefficient (Wildman–Crippen LogP) is 5.12. The molecule has 0 radical (unpaired) electrons. The zero-order chi connectivity index (χ0) is 21.9. The van der Waals surface area contributed by atoms with Crippen LogP contribution >= 0.6 is 11.3 Å². The fourth-order valence-electron chi connectivity index (χ4n) is 3.64. The summed E-state index contributed by atoms with van der Waals surface area (Å²) in [5.74, 6) is 0.736. The average Bonchev–Trinajstić information content (AvgIpc) is 3.25. The van der Waals surface area contributed by atoms with Crippen LogP contribution in [0.25, 0.3) is 11.4 Å². The summed E-state index contributed by atoms with van der Waals surface area (Å²) in [6.07, 6.45) is 2.70. The van der Waals surface area contributed by atoms with Crippen molar-refractivity contribution in [1.29, 1.82) is 0 Å². The lowest BCUT2D eigenvalue weighted by Gasteiger charge is -2.17. The first-order chi connectivity index (χ1) is 15.7. The molecule has 1 aliphatic heterocycles. The molecule has 7 heteroatoms. The second-order valence-corrected chi connectivity index (χ2v) is 8.39. The van der Waals surface area contributed by atoms with E-state index in [1.165, 1.54) is 22.5 Å². The van der Waals surface area contributed by atoms with Gasteiger partial charge in [0.05, 0.1) is 12.1 Å². The highest BCUT2D eigenvalue weighted by Crippen LogP contribution is 2.35. The Kier molecular flexibility index (Phi) is 5.47. The number of aliphatic imine (C=N–C) groups is 1. The molecule has 4 aromatic rings. The predicted molar refractivity (Wildman–Crippen MR) is 127 cm³/mol. The molecule has 0 bridgehead atoms. The quantitative estimate of drug-likeness (QED) is 0.450. The Hall–Kier alpha value is -3.84. The molecule has 0 amide bonds. The van der Waals surface area contributed by atoms with Gasteiger partial charge in [0, 0.05) is 17.1 Å². The highest BCUT2D eigenvalue weighted by atomic mass is 32.1. The minimum atomic E-state index is -0.00124. The molecule has 5 rings (SSSR count). The molecule has 0 spiro atoms. The van der Waals surface area contributed by atoms with E-state index in [1.807, 2.05) is 35.7 Å². The molecule has 2 aromatic heterocycles. The number of carbonyl (C=O) groups is 1. The normalized spacial score (nSPS) is 12.9. The molecule has 1 aliphatic rings. The van der Waals surface area contributed by atoms with E-state index in [2.05, 4.69) is 34.2 Å². The maximum absolute atomic E-state index is 12.7. The van der Waals surface area contributed by atoms with Gasteiger partial charge in [-0.15, -0.1) is 11.3 Å². The second kappa shape index (κ2) is 8.72. The number of pyridine rings is 1. The number of hydrogen-bond acceptors (Lipinski definition) is 7. The summed E-state index contributed by atoms with van der Waals surface area (Å²) in [6.45, 7) is 0.233. The lowest BCUT2D eigenvalue weighted by molar-refractivity contribution is 0.0998. The van der Waals surface area contributed by atoms with E-state index < -0.39 is 0 Å². The van der Waals surface area contributed by atoms with Crippen LogP contribution in [0.1, 0.15) is 27.9 Å². The number of ketones is 1. The summed E-state index contributed by atoms with van der Waals surface area (Å²) >= 11 is 1.33. The summed E-state index contributed by atoms with van der Waals surface area (Å²) in [5, 5.41) is 2.27. The smallest absolute Gasteiger partial charge is 0.180 e. The van der Waals surface area contributed by atoms with Crippen LogP contribution in [0.5, 0.6) is 5.75 Å². The number of benzene rings is 2. The summed E-state index contributed by atoms with van der Waals surface area (Å²) in [4.78, 5) is 26.1. The summed E-state index contributed by atoms with van der Waals surface area (Å²) < 4.78 is 5.93. The van der Waals surface area contributed by atoms with Gasteiger partial charge < -0.3 is 10.5 Å². The zero-order valence-corrected chi connectivity index (χ0v) is 18.0. The fourth-order valence-corrected chi connectivity index (χ4v) is 4.19. The SMILES string of the molecule is Nc1nc(-c2nccc3c2N=C(COc2ccc(Cc4ccccc4)cc2)CC3=O)cs1. The van der Waals surface area contributed by atoms with Crippen LogP contribution in [-0.4, -0.2) is 28.1 Å². The number of rotatable bonds is 6. The van der Waals surface area contributed by atoms with E-state index in [-0.39, 0.29) is 18.8 Å². The number of Topliss-reactive ketones (excluding diaryl/α,β-unsaturated/α-hetero) is 1. The first kappa shape index (κ1) is 20.1. The van der Waals surface area contributed by atoms with Crippen LogP contribution in [0.3, 0.4) is 0 Å². The van der Waals surface area contributed by atoms with Crippen LogP contribution in [0.4, 0.5) is 10.8 Å². The van der Waals surface area contributed by atoms with Crippen LogP contribution in [-0.2, 0) is 6.42 Å². The number of nitrogens with zero attached hydrogens (tertiary/aromatic N) is 3. The molecule has 32 heavy (non-hydrogen) atoms. The second-order valence-electron chi connectivity index (χ2n) is 7.50. The maximum Gasteiger partial charge on any atom is 0.180 e. The van der Waals surface area contributed by atoms with E-state index in [0.29, 0.717) is 33.5 Å². The first-order valence-electron chi connectivity index (χ1n) is 10.2. The molecule has 0 fully saturated rings. The summed E-state index contributed by atoms with van der Waals surface area (Å²) in [5.41, 5.74) is 11.2. The molecular weight excluding hydrogens is 420 g/mol. The monoisotopic (exact) mass is 440 g/mol. The number of ether oxygens (including phenoxy) is 1. The summed E-state index contributed by atoms with van der Waals surface area (Å²) in [6, 6.07) is 20.0. The van der Waals surface area contributed by atoms with Crippen molar-refractivity contribution < 1.29 is 9.53 Å². The number of nitrogens with two attached hydrogens (primary N) is 1. The highest BCUT2D eigenvalue weighted by molar-refractivity contribution is 7.13. The van der Waals surface area contributed by atoms with Gasteiger partial charge in [-0.2, -0.15) is 0 Å². The Labute approximate surface area is 189 Å². The molecule has 0 atom stereocenters. The highest BCUT2D eigenvalue weighted by Gasteiger charge is 2.24. The number of fused-ring (bicyclic) bond motifs is 1. The number of aromatic nitrogens is 2. The van der Waals surface area contributed by atoms with E-state index in [9.17, 15) is 4.79 Å². The van der Waals surface area contributed by atoms with Crippen molar-refractivity contribution in [3.8, 4) is 17.1 Å². The molecule has 6 nitrogen and oxygen atoms in total. The largest absolute Gasteiger partial charge is 0.488 e. The Bertz CT molecular complexity index is 1300. The molecule has 0 saturated carbocycles. The van der Waals surface area contributed by atoms with Gasteiger partial charge in [-0.25, -0.2) is 4.98 Å². The Morgan fingerprint density at radius 3 is 2.53 bits per heavy atom. The minimum Gasteiger partial charge on any atom is -0.488 e. The third kappa shape index (κ3) is 4.29. The minimum absolute atomic E-state index is 0.00124. The van der Waals surface area contributed by atoms with Gasteiger partial charge in [-0.3, -0.25) is 14.8 Å². The topological polar surface area (TPSA) is 90.5 Å². The van der Waals surface area contributed by atoms with Crippen molar-refractivity contribution in [2.75, 3.05) is 12.3 Å². The lowest BCUT2D eigenvalue weighted by Crippen LogP contribution is -2.20. The van der Waals surface area contributed by atoms with Gasteiger partial charge in [-0.1, -0.05) is 42.5 Å².